The van der Waals surface area contributed by atoms with Gasteiger partial charge in [0.1, 0.15) is 0 Å². The molecule has 0 spiro atoms. The van der Waals surface area contributed by atoms with Crippen LogP contribution in [0.25, 0.3) is 0 Å². The minimum absolute atomic E-state index is 0.426. The number of esters is 2. The Labute approximate surface area is 171 Å². The summed E-state index contributed by atoms with van der Waals surface area (Å²) in [6.07, 6.45) is 9.47. The number of benzene rings is 1. The van der Waals surface area contributed by atoms with Gasteiger partial charge in [0.25, 0.3) is 0 Å². The Hall–Kier alpha value is -1.84. The molecule has 0 aromatic heterocycles. The Morgan fingerprint density at radius 3 is 1.32 bits per heavy atom. The molecule has 4 nitrogen and oxygen atoms in total. The monoisotopic (exact) mass is 390 g/mol. The molecule has 1 rings (SSSR count). The summed E-state index contributed by atoms with van der Waals surface area (Å²) in [7, 11) is 2.77. The van der Waals surface area contributed by atoms with Gasteiger partial charge in [-0.3, -0.25) is 0 Å². The lowest BCUT2D eigenvalue weighted by atomic mass is 9.80. The second kappa shape index (κ2) is 12.6. The molecule has 0 saturated carbocycles. The van der Waals surface area contributed by atoms with Gasteiger partial charge in [0, 0.05) is 0 Å². The molecule has 1 aromatic carbocycles. The van der Waals surface area contributed by atoms with Crippen LogP contribution < -0.4 is 0 Å². The van der Waals surface area contributed by atoms with Crippen LogP contribution in [-0.4, -0.2) is 26.2 Å². The Morgan fingerprint density at radius 1 is 0.571 bits per heavy atom. The Balaban J connectivity index is 4.00. The van der Waals surface area contributed by atoms with E-state index in [1.807, 2.05) is 0 Å². The minimum atomic E-state index is -0.430. The zero-order valence-electron chi connectivity index (χ0n) is 18.7. The quantitative estimate of drug-likeness (QED) is 0.420. The predicted molar refractivity (Wildman–Crippen MR) is 114 cm³/mol. The highest BCUT2D eigenvalue weighted by atomic mass is 16.5. The van der Waals surface area contributed by atoms with Crippen molar-refractivity contribution in [3.63, 3.8) is 0 Å². The number of unbranched alkanes of at least 4 members (excludes halogenated alkanes) is 2. The molecule has 1 aromatic rings. The van der Waals surface area contributed by atoms with Gasteiger partial charge in [0.2, 0.25) is 0 Å². The van der Waals surface area contributed by atoms with Gasteiger partial charge in [-0.2, -0.15) is 0 Å². The molecule has 28 heavy (non-hydrogen) atoms. The van der Waals surface area contributed by atoms with Gasteiger partial charge in [-0.15, -0.1) is 0 Å². The first kappa shape index (κ1) is 24.2. The lowest BCUT2D eigenvalue weighted by Crippen LogP contribution is -2.22. The topological polar surface area (TPSA) is 52.6 Å². The SMILES string of the molecule is CCCCc1c(CCC)c(CCC)c(C(=O)OC)c(C(=O)OC)c1CCCC. The van der Waals surface area contributed by atoms with Gasteiger partial charge in [0.15, 0.2) is 0 Å². The lowest BCUT2D eigenvalue weighted by molar-refractivity contribution is 0.0552. The van der Waals surface area contributed by atoms with Crippen molar-refractivity contribution in [1.82, 2.24) is 0 Å². The van der Waals surface area contributed by atoms with Gasteiger partial charge in [-0.05, 0) is 60.8 Å². The highest BCUT2D eigenvalue weighted by molar-refractivity contribution is 6.06. The number of carbonyl (C=O) groups excluding carboxylic acids is 2. The zero-order chi connectivity index (χ0) is 21.1. The minimum Gasteiger partial charge on any atom is -0.465 e. The van der Waals surface area contributed by atoms with Gasteiger partial charge in [0.05, 0.1) is 25.3 Å². The lowest BCUT2D eigenvalue weighted by Gasteiger charge is -2.25. The van der Waals surface area contributed by atoms with E-state index in [9.17, 15) is 9.59 Å². The molecule has 0 aliphatic carbocycles. The van der Waals surface area contributed by atoms with E-state index in [0.717, 1.165) is 75.3 Å². The molecule has 158 valence electrons. The van der Waals surface area contributed by atoms with Crippen LogP contribution in [0.3, 0.4) is 0 Å². The van der Waals surface area contributed by atoms with Crippen molar-refractivity contribution in [1.29, 1.82) is 0 Å². The third kappa shape index (κ3) is 5.59. The van der Waals surface area contributed by atoms with Crippen molar-refractivity contribution < 1.29 is 19.1 Å². The molecule has 0 unspecified atom stereocenters. The van der Waals surface area contributed by atoms with Crippen LogP contribution >= 0.6 is 0 Å². The van der Waals surface area contributed by atoms with Crippen molar-refractivity contribution in [2.75, 3.05) is 14.2 Å². The fourth-order valence-corrected chi connectivity index (χ4v) is 3.98. The van der Waals surface area contributed by atoms with Gasteiger partial charge >= 0.3 is 11.9 Å². The van der Waals surface area contributed by atoms with E-state index in [0.29, 0.717) is 11.1 Å². The fraction of sp³-hybridized carbons (Fsp3) is 0.667. The van der Waals surface area contributed by atoms with Crippen LogP contribution in [0.2, 0.25) is 0 Å². The first-order chi connectivity index (χ1) is 13.5. The number of rotatable bonds is 12. The third-order valence-electron chi connectivity index (χ3n) is 5.29. The molecule has 0 fully saturated rings. The summed E-state index contributed by atoms with van der Waals surface area (Å²) in [5.74, 6) is -0.856. The van der Waals surface area contributed by atoms with E-state index in [1.165, 1.54) is 25.3 Å². The first-order valence-electron chi connectivity index (χ1n) is 10.9. The number of hydrogen-bond acceptors (Lipinski definition) is 4. The third-order valence-corrected chi connectivity index (χ3v) is 5.29. The summed E-state index contributed by atoms with van der Waals surface area (Å²) in [6, 6.07) is 0. The van der Waals surface area contributed by atoms with Gasteiger partial charge < -0.3 is 9.47 Å². The fourth-order valence-electron chi connectivity index (χ4n) is 3.98. The summed E-state index contributed by atoms with van der Waals surface area (Å²) in [5, 5.41) is 0. The molecule has 0 radical (unpaired) electrons. The van der Waals surface area contributed by atoms with Crippen LogP contribution in [0.15, 0.2) is 0 Å². The summed E-state index contributed by atoms with van der Waals surface area (Å²) >= 11 is 0. The Morgan fingerprint density at radius 2 is 0.929 bits per heavy atom. The van der Waals surface area contributed by atoms with Crippen LogP contribution in [0, 0.1) is 0 Å². The Bertz CT molecular complexity index is 661. The summed E-state index contributed by atoms with van der Waals surface area (Å²) in [4.78, 5) is 25.7. The second-order valence-corrected chi connectivity index (χ2v) is 7.35. The molecule has 0 saturated heterocycles. The normalized spacial score (nSPS) is 10.8. The average Bonchev–Trinajstić information content (AvgIpc) is 2.71. The van der Waals surface area contributed by atoms with E-state index in [4.69, 9.17) is 9.47 Å². The van der Waals surface area contributed by atoms with Crippen LogP contribution in [0.5, 0.6) is 0 Å². The molecule has 0 atom stereocenters. The highest BCUT2D eigenvalue weighted by Gasteiger charge is 2.30. The van der Waals surface area contributed by atoms with E-state index in [-0.39, 0.29) is 0 Å². The molecular formula is C24H38O4. The summed E-state index contributed by atoms with van der Waals surface area (Å²) in [5.41, 5.74) is 5.41. The maximum absolute atomic E-state index is 12.9. The number of methoxy groups -OCH3 is 2. The summed E-state index contributed by atoms with van der Waals surface area (Å²) < 4.78 is 10.3. The van der Waals surface area contributed by atoms with Crippen molar-refractivity contribution >= 4 is 11.9 Å². The van der Waals surface area contributed by atoms with Crippen LogP contribution in [0.1, 0.15) is 109 Å². The maximum Gasteiger partial charge on any atom is 0.339 e. The van der Waals surface area contributed by atoms with Crippen LogP contribution in [-0.2, 0) is 35.2 Å². The number of carbonyl (C=O) groups is 2. The zero-order valence-corrected chi connectivity index (χ0v) is 18.7. The standard InChI is InChI=1S/C24H38O4/c1-7-11-15-18-17(13-9-3)19(14-10-4)21(23(25)27-5)22(24(26)28-6)20(18)16-12-8-2/h7-16H2,1-6H3. The molecule has 0 aliphatic rings. The highest BCUT2D eigenvalue weighted by Crippen LogP contribution is 2.34. The maximum atomic E-state index is 12.9. The molecule has 4 heteroatoms. The van der Waals surface area contributed by atoms with Gasteiger partial charge in [-0.25, -0.2) is 9.59 Å². The largest absolute Gasteiger partial charge is 0.465 e. The van der Waals surface area contributed by atoms with Crippen molar-refractivity contribution in [2.45, 2.75) is 91.9 Å². The number of hydrogen-bond donors (Lipinski definition) is 0. The average molecular weight is 391 g/mol. The Kier molecular flexibility index (Phi) is 10.9. The first-order valence-corrected chi connectivity index (χ1v) is 10.9. The predicted octanol–water partition coefficient (Wildman–Crippen LogP) is 5.85. The molecular weight excluding hydrogens is 352 g/mol. The molecule has 0 amide bonds. The smallest absolute Gasteiger partial charge is 0.339 e. The second-order valence-electron chi connectivity index (χ2n) is 7.35. The molecule has 0 N–H and O–H groups in total. The molecule has 0 bridgehead atoms. The van der Waals surface area contributed by atoms with Crippen molar-refractivity contribution in [3.8, 4) is 0 Å². The molecule has 0 heterocycles. The number of ether oxygens (including phenoxy) is 2. The van der Waals surface area contributed by atoms with E-state index < -0.39 is 11.9 Å². The van der Waals surface area contributed by atoms with Crippen molar-refractivity contribution in [2.24, 2.45) is 0 Å². The van der Waals surface area contributed by atoms with Crippen LogP contribution in [0.4, 0.5) is 0 Å². The van der Waals surface area contributed by atoms with Crippen molar-refractivity contribution in [3.05, 3.63) is 33.4 Å². The van der Waals surface area contributed by atoms with E-state index in [1.54, 1.807) is 0 Å². The van der Waals surface area contributed by atoms with E-state index in [2.05, 4.69) is 27.7 Å². The summed E-state index contributed by atoms with van der Waals surface area (Å²) in [6.45, 7) is 8.59. The van der Waals surface area contributed by atoms with Gasteiger partial charge in [-0.1, -0.05) is 53.4 Å². The van der Waals surface area contributed by atoms with E-state index >= 15 is 0 Å². The molecule has 0 aliphatic heterocycles.